The van der Waals surface area contributed by atoms with Gasteiger partial charge in [-0.05, 0) is 41.9 Å². The summed E-state index contributed by atoms with van der Waals surface area (Å²) < 4.78 is 31.2. The van der Waals surface area contributed by atoms with Gasteiger partial charge in [0.1, 0.15) is 17.8 Å². The quantitative estimate of drug-likeness (QED) is 0.0981. The van der Waals surface area contributed by atoms with Crippen LogP contribution in [-0.4, -0.2) is 53.3 Å². The Morgan fingerprint density at radius 1 is 1.08 bits per heavy atom. The normalized spacial score (nSPS) is 12.2. The van der Waals surface area contributed by atoms with Crippen molar-refractivity contribution in [2.75, 3.05) is 17.6 Å². The second-order valence-corrected chi connectivity index (χ2v) is 11.8. The number of oxazole rings is 1. The van der Waals surface area contributed by atoms with Crippen molar-refractivity contribution in [3.05, 3.63) is 82.4 Å². The van der Waals surface area contributed by atoms with Gasteiger partial charge in [-0.15, -0.1) is 0 Å². The molecule has 1 amide bonds. The van der Waals surface area contributed by atoms with Crippen molar-refractivity contribution in [2.24, 2.45) is 0 Å². The van der Waals surface area contributed by atoms with Crippen LogP contribution in [0.4, 0.5) is 10.1 Å². The lowest BCUT2D eigenvalue weighted by molar-refractivity contribution is -0.380. The van der Waals surface area contributed by atoms with Crippen LogP contribution in [0.25, 0.3) is 11.1 Å². The molecule has 0 aliphatic heterocycles. The van der Waals surface area contributed by atoms with E-state index in [0.29, 0.717) is 40.8 Å². The zero-order chi connectivity index (χ0) is 27.8. The maximum atomic E-state index is 12.9. The number of benzene rings is 2. The summed E-state index contributed by atoms with van der Waals surface area (Å²) in [5.41, 5.74) is 1.70. The summed E-state index contributed by atoms with van der Waals surface area (Å²) in [6, 6.07) is 14.4. The van der Waals surface area contributed by atoms with E-state index in [1.165, 1.54) is 0 Å². The Labute approximate surface area is 227 Å². The first-order valence-electron chi connectivity index (χ1n) is 12.0. The monoisotopic (exact) mass is 571 g/mol. The highest BCUT2D eigenvalue weighted by Gasteiger charge is 2.27. The molecule has 4 rings (SSSR count). The minimum atomic E-state index is -3.74. The van der Waals surface area contributed by atoms with E-state index in [1.54, 1.807) is 54.6 Å². The molecule has 0 saturated heterocycles. The lowest BCUT2D eigenvalue weighted by Gasteiger charge is -2.18. The summed E-state index contributed by atoms with van der Waals surface area (Å²) in [7, 11) is -3.74. The average Bonchev–Trinajstić information content (AvgIpc) is 3.55. The van der Waals surface area contributed by atoms with Crippen molar-refractivity contribution in [1.29, 1.82) is 0 Å². The molecule has 2 aromatic carbocycles. The average molecular weight is 572 g/mol. The van der Waals surface area contributed by atoms with Crippen LogP contribution in [0.1, 0.15) is 35.5 Å². The Kier molecular flexibility index (Phi) is 8.99. The number of hydrogen-bond donors (Lipinski definition) is 2. The van der Waals surface area contributed by atoms with Gasteiger partial charge >= 0.3 is 5.00 Å². The Bertz CT molecular complexity index is 1530. The third kappa shape index (κ3) is 7.91. The van der Waals surface area contributed by atoms with Crippen LogP contribution in [-0.2, 0) is 20.4 Å². The largest absolute Gasteiger partial charge is 0.434 e. The molecule has 0 fully saturated rings. The lowest BCUT2D eigenvalue weighted by Crippen LogP contribution is -2.44. The number of amides is 1. The van der Waals surface area contributed by atoms with Crippen molar-refractivity contribution in [3.63, 3.8) is 0 Å². The van der Waals surface area contributed by atoms with Gasteiger partial charge in [-0.1, -0.05) is 42.5 Å². The van der Waals surface area contributed by atoms with Crippen molar-refractivity contribution < 1.29 is 27.3 Å². The molecule has 2 heterocycles. The number of ketones is 1. The highest BCUT2D eigenvalue weighted by molar-refractivity contribution is 7.90. The fourth-order valence-electron chi connectivity index (χ4n) is 3.73. The van der Waals surface area contributed by atoms with Gasteiger partial charge in [0.25, 0.3) is 5.89 Å². The molecule has 2 aromatic heterocycles. The molecule has 1 atom stereocenters. The fourth-order valence-corrected chi connectivity index (χ4v) is 5.98. The second kappa shape index (κ2) is 12.6. The summed E-state index contributed by atoms with van der Waals surface area (Å²) in [6.45, 7) is 0.189. The summed E-state index contributed by atoms with van der Waals surface area (Å²) in [6.07, 6.45) is 2.09. The van der Waals surface area contributed by atoms with E-state index in [2.05, 4.69) is 20.6 Å². The van der Waals surface area contributed by atoms with Crippen molar-refractivity contribution >= 4 is 54.1 Å². The molecule has 204 valence electrons. The van der Waals surface area contributed by atoms with Crippen molar-refractivity contribution in [3.8, 4) is 0 Å². The maximum Gasteiger partial charge on any atom is 0.345 e. The van der Waals surface area contributed by atoms with Crippen LogP contribution in [0.2, 0.25) is 0 Å². The third-order valence-corrected chi connectivity index (χ3v) is 8.09. The number of nitro groups is 1. The van der Waals surface area contributed by atoms with Crippen LogP contribution >= 0.6 is 11.3 Å². The van der Waals surface area contributed by atoms with Crippen molar-refractivity contribution in [2.45, 2.75) is 31.1 Å². The fraction of sp³-hybridized carbons (Fsp3) is 0.280. The van der Waals surface area contributed by atoms with E-state index >= 15 is 0 Å². The number of sulfone groups is 1. The second-order valence-electron chi connectivity index (χ2n) is 8.66. The third-order valence-electron chi connectivity index (χ3n) is 5.60. The highest BCUT2D eigenvalue weighted by atomic mass is 32.2. The number of carbonyl (C=O) groups is 2. The first-order chi connectivity index (χ1) is 18.7. The topological polar surface area (TPSA) is 174 Å². The number of carbonyl (C=O) groups excluding carboxylic acids is 2. The number of unbranched alkanes of at least 4 members (excludes halogenated alkanes) is 1. The summed E-state index contributed by atoms with van der Waals surface area (Å²) >= 11 is 0.703. The maximum absolute atomic E-state index is 12.9. The minimum absolute atomic E-state index is 0.0330. The van der Waals surface area contributed by atoms with Crippen LogP contribution < -0.4 is 10.6 Å². The van der Waals surface area contributed by atoms with E-state index in [1.807, 2.05) is 0 Å². The molecule has 12 nitrogen and oxygen atoms in total. The summed E-state index contributed by atoms with van der Waals surface area (Å²) in [5, 5.41) is 16.2. The Morgan fingerprint density at radius 3 is 2.54 bits per heavy atom. The molecule has 0 saturated carbocycles. The molecular weight excluding hydrogens is 546 g/mol. The molecule has 0 spiro atoms. The zero-order valence-corrected chi connectivity index (χ0v) is 22.2. The smallest absolute Gasteiger partial charge is 0.345 e. The number of thiazole rings is 1. The van der Waals surface area contributed by atoms with Gasteiger partial charge < -0.3 is 15.1 Å². The van der Waals surface area contributed by atoms with Crippen LogP contribution in [0.5, 0.6) is 0 Å². The van der Waals surface area contributed by atoms with Gasteiger partial charge in [0.2, 0.25) is 11.7 Å². The Balaban J connectivity index is 1.33. The van der Waals surface area contributed by atoms with E-state index < -0.39 is 32.5 Å². The number of para-hydroxylation sites is 2. The number of aromatic nitrogens is 2. The van der Waals surface area contributed by atoms with Gasteiger partial charge in [-0.25, -0.2) is 18.4 Å². The minimum Gasteiger partial charge on any atom is -0.434 e. The molecule has 0 unspecified atom stereocenters. The first-order valence-corrected chi connectivity index (χ1v) is 14.6. The molecule has 0 aliphatic rings. The van der Waals surface area contributed by atoms with Gasteiger partial charge in [-0.3, -0.25) is 19.7 Å². The van der Waals surface area contributed by atoms with E-state index in [0.717, 1.165) is 6.20 Å². The lowest BCUT2D eigenvalue weighted by atomic mass is 10.1. The number of nitrogens with one attached hydrogen (secondary N) is 2. The molecule has 2 N–H and O–H groups in total. The van der Waals surface area contributed by atoms with E-state index in [-0.39, 0.29) is 40.5 Å². The number of rotatable bonds is 14. The number of anilines is 1. The summed E-state index contributed by atoms with van der Waals surface area (Å²) in [5.74, 6) is -1.64. The predicted octanol–water partition coefficient (Wildman–Crippen LogP) is 3.76. The van der Waals surface area contributed by atoms with Crippen molar-refractivity contribution in [1.82, 2.24) is 15.3 Å². The summed E-state index contributed by atoms with van der Waals surface area (Å²) in [4.78, 5) is 43.8. The van der Waals surface area contributed by atoms with Crippen LogP contribution in [0, 0.1) is 10.1 Å². The molecule has 39 heavy (non-hydrogen) atoms. The number of Topliss-reactive ketones (excluding diaryl/α,β-unsaturated/α-hetero) is 1. The molecule has 4 aromatic rings. The zero-order valence-electron chi connectivity index (χ0n) is 20.6. The first kappa shape index (κ1) is 27.9. The number of nitrogens with zero attached hydrogens (tertiary/aromatic N) is 3. The van der Waals surface area contributed by atoms with Gasteiger partial charge in [0.15, 0.2) is 20.6 Å². The van der Waals surface area contributed by atoms with E-state index in [9.17, 15) is 28.1 Å². The standard InChI is InChI=1S/C25H25N5O7S2/c31-20(24-28-18-10-4-5-12-21(18)37-24)11-6-7-13-26-23(32)19(29-25-27-14-22(38-25)30(33)34)16-39(35,36)15-17-8-2-1-3-9-17/h1-5,8-10,12,14,19H,6-7,11,13,15-16H2,(H,26,32)(H,27,29)/t19-/m0/s1. The Morgan fingerprint density at radius 2 is 1.82 bits per heavy atom. The van der Waals surface area contributed by atoms with Crippen LogP contribution in [0.15, 0.2) is 65.2 Å². The van der Waals surface area contributed by atoms with Crippen LogP contribution in [0.3, 0.4) is 0 Å². The SMILES string of the molecule is O=C(CCCCNC(=O)[C@H](CS(=O)(=O)Cc1ccccc1)Nc1ncc([N+](=O)[O-])s1)c1nc2ccccc2o1. The molecule has 0 radical (unpaired) electrons. The van der Waals surface area contributed by atoms with Gasteiger partial charge in [-0.2, -0.15) is 0 Å². The molecule has 14 heteroatoms. The number of fused-ring (bicyclic) bond motifs is 1. The predicted molar refractivity (Wildman–Crippen MR) is 145 cm³/mol. The van der Waals surface area contributed by atoms with Gasteiger partial charge in [0, 0.05) is 13.0 Å². The Hall–Kier alpha value is -4.17. The number of hydrogen-bond acceptors (Lipinski definition) is 11. The molecular formula is C25H25N5O7S2. The molecule has 0 bridgehead atoms. The molecule has 0 aliphatic carbocycles. The highest BCUT2D eigenvalue weighted by Crippen LogP contribution is 2.26. The van der Waals surface area contributed by atoms with Gasteiger partial charge in [0.05, 0.1) is 16.4 Å². The van der Waals surface area contributed by atoms with E-state index in [4.69, 9.17) is 4.42 Å².